The molecular weight excluding hydrogens is 188 g/mol. The maximum atomic E-state index is 10.9. The van der Waals surface area contributed by atoms with Crippen LogP contribution in [0.2, 0.25) is 0 Å². The van der Waals surface area contributed by atoms with Gasteiger partial charge in [0.2, 0.25) is 0 Å². The first-order chi connectivity index (χ1) is 5.82. The fourth-order valence-corrected chi connectivity index (χ4v) is 2.86. The zero-order chi connectivity index (χ0) is 10.2. The highest BCUT2D eigenvalue weighted by Crippen LogP contribution is 2.30. The molecule has 0 aromatic rings. The van der Waals surface area contributed by atoms with Crippen molar-refractivity contribution in [3.63, 3.8) is 0 Å². The highest BCUT2D eigenvalue weighted by Gasteiger charge is 2.18. The normalized spacial score (nSPS) is 24.6. The van der Waals surface area contributed by atoms with Gasteiger partial charge in [0, 0.05) is 0 Å². The van der Waals surface area contributed by atoms with E-state index >= 15 is 0 Å². The Hall–Kier alpha value is -0.610. The molecule has 13 heavy (non-hydrogen) atoms. The van der Waals surface area contributed by atoms with Crippen molar-refractivity contribution in [2.75, 3.05) is 0 Å². The van der Waals surface area contributed by atoms with E-state index in [4.69, 9.17) is 0 Å². The number of hydrogen-bond acceptors (Lipinski definition) is 3. The molecule has 1 aliphatic carbocycles. The minimum absolute atomic E-state index is 0.00870. The predicted octanol–water partition coefficient (Wildman–Crippen LogP) is 1.79. The molecule has 0 amide bonds. The predicted molar refractivity (Wildman–Crippen MR) is 49.9 cm³/mol. The fourth-order valence-electron chi connectivity index (χ4n) is 1.88. The molecule has 3 nitrogen and oxygen atoms in total. The van der Waals surface area contributed by atoms with Crippen LogP contribution in [0.5, 0.6) is 0 Å². The molecule has 1 rings (SSSR count). The van der Waals surface area contributed by atoms with E-state index in [1.54, 1.807) is 13.8 Å². The Bertz CT molecular complexity index is 374. The van der Waals surface area contributed by atoms with Crippen LogP contribution in [0, 0.1) is 5.92 Å². The summed E-state index contributed by atoms with van der Waals surface area (Å²) in [5.74, 6) is 0.325. The second kappa shape index (κ2) is 3.27. The van der Waals surface area contributed by atoms with Crippen molar-refractivity contribution in [2.24, 2.45) is 5.92 Å². The molecule has 1 unspecified atom stereocenters. The molecule has 0 aromatic carbocycles. The van der Waals surface area contributed by atoms with E-state index < -0.39 is 10.1 Å². The number of allylic oxidation sites excluding steroid dienone is 3. The minimum Gasteiger partial charge on any atom is -0.744 e. The molecule has 0 saturated heterocycles. The molecule has 1 atom stereocenters. The third-order valence-corrected chi connectivity index (χ3v) is 3.33. The molecule has 0 aliphatic heterocycles. The van der Waals surface area contributed by atoms with Crippen LogP contribution < -0.4 is 0 Å². The Morgan fingerprint density at radius 3 is 2.38 bits per heavy atom. The maximum absolute atomic E-state index is 10.9. The smallest absolute Gasteiger partial charge is 0.124 e. The fraction of sp³-hybridized carbons (Fsp3) is 0.556. The Labute approximate surface area is 78.9 Å². The average Bonchev–Trinajstić information content (AvgIpc) is 1.78. The van der Waals surface area contributed by atoms with E-state index in [1.807, 2.05) is 13.0 Å². The molecule has 0 radical (unpaired) electrons. The third-order valence-electron chi connectivity index (χ3n) is 2.16. The van der Waals surface area contributed by atoms with Crippen LogP contribution >= 0.6 is 0 Å². The highest BCUT2D eigenvalue weighted by molar-refractivity contribution is 7.90. The van der Waals surface area contributed by atoms with Crippen LogP contribution in [-0.2, 0) is 10.1 Å². The van der Waals surface area contributed by atoms with Crippen molar-refractivity contribution in [2.45, 2.75) is 27.2 Å². The van der Waals surface area contributed by atoms with Crippen LogP contribution in [0.3, 0.4) is 0 Å². The maximum Gasteiger partial charge on any atom is 0.124 e. The van der Waals surface area contributed by atoms with Crippen LogP contribution in [0.25, 0.3) is 0 Å². The van der Waals surface area contributed by atoms with Gasteiger partial charge in [0.15, 0.2) is 0 Å². The summed E-state index contributed by atoms with van der Waals surface area (Å²) < 4.78 is 32.6. The lowest BCUT2D eigenvalue weighted by molar-refractivity contribution is 0.470. The molecule has 74 valence electrons. The summed E-state index contributed by atoms with van der Waals surface area (Å²) in [6.07, 6.45) is 2.49. The quantitative estimate of drug-likeness (QED) is 0.608. The first-order valence-corrected chi connectivity index (χ1v) is 5.57. The Morgan fingerprint density at radius 1 is 1.46 bits per heavy atom. The van der Waals surface area contributed by atoms with Crippen molar-refractivity contribution in [3.8, 4) is 0 Å². The summed E-state index contributed by atoms with van der Waals surface area (Å²) in [4.78, 5) is -0.00870. The lowest BCUT2D eigenvalue weighted by Crippen LogP contribution is -2.12. The lowest BCUT2D eigenvalue weighted by atomic mass is 9.93. The highest BCUT2D eigenvalue weighted by atomic mass is 32.2. The zero-order valence-corrected chi connectivity index (χ0v) is 8.81. The van der Waals surface area contributed by atoms with E-state index in [-0.39, 0.29) is 4.91 Å². The van der Waals surface area contributed by atoms with Crippen LogP contribution in [0.1, 0.15) is 27.2 Å². The molecule has 0 aromatic heterocycles. The number of rotatable bonds is 1. The van der Waals surface area contributed by atoms with Gasteiger partial charge in [-0.25, -0.2) is 8.42 Å². The molecule has 0 bridgehead atoms. The molecule has 4 heteroatoms. The van der Waals surface area contributed by atoms with Gasteiger partial charge in [0.1, 0.15) is 10.1 Å². The van der Waals surface area contributed by atoms with Crippen molar-refractivity contribution < 1.29 is 13.0 Å². The second-order valence-electron chi connectivity index (χ2n) is 3.59. The average molecular weight is 201 g/mol. The van der Waals surface area contributed by atoms with E-state index in [1.165, 1.54) is 0 Å². The van der Waals surface area contributed by atoms with Gasteiger partial charge in [-0.1, -0.05) is 18.6 Å². The SMILES string of the molecule is CC1=CC(C)CC(C)=C1S(=O)(=O)[O-]. The van der Waals surface area contributed by atoms with Gasteiger partial charge in [-0.05, 0) is 31.8 Å². The van der Waals surface area contributed by atoms with Gasteiger partial charge < -0.3 is 4.55 Å². The molecule has 1 aliphatic rings. The van der Waals surface area contributed by atoms with Gasteiger partial charge in [0.25, 0.3) is 0 Å². The standard InChI is InChI=1S/C9H14O3S/c1-6-4-7(2)9(8(3)5-6)13(10,11)12/h4,6H,5H2,1-3H3,(H,10,11,12)/p-1. The minimum atomic E-state index is -4.29. The molecule has 0 saturated carbocycles. The number of hydrogen-bond donors (Lipinski definition) is 0. The summed E-state index contributed by atoms with van der Waals surface area (Å²) >= 11 is 0. The van der Waals surface area contributed by atoms with Crippen LogP contribution in [0.15, 0.2) is 22.1 Å². The van der Waals surface area contributed by atoms with Crippen molar-refractivity contribution in [3.05, 3.63) is 22.1 Å². The van der Waals surface area contributed by atoms with E-state index in [0.29, 0.717) is 23.5 Å². The van der Waals surface area contributed by atoms with Crippen LogP contribution in [-0.4, -0.2) is 13.0 Å². The first-order valence-electron chi connectivity index (χ1n) is 4.17. The van der Waals surface area contributed by atoms with E-state index in [0.717, 1.165) is 0 Å². The molecule has 0 heterocycles. The van der Waals surface area contributed by atoms with Crippen molar-refractivity contribution in [1.29, 1.82) is 0 Å². The van der Waals surface area contributed by atoms with Crippen molar-refractivity contribution in [1.82, 2.24) is 0 Å². The Kier molecular flexibility index (Phi) is 2.63. The summed E-state index contributed by atoms with van der Waals surface area (Å²) in [5, 5.41) is 0. The molecule has 0 spiro atoms. The molecule has 0 N–H and O–H groups in total. The zero-order valence-electron chi connectivity index (χ0n) is 7.99. The Balaban J connectivity index is 3.25. The summed E-state index contributed by atoms with van der Waals surface area (Å²) in [5.41, 5.74) is 1.27. The molecule has 0 fully saturated rings. The van der Waals surface area contributed by atoms with Crippen LogP contribution in [0.4, 0.5) is 0 Å². The van der Waals surface area contributed by atoms with Gasteiger partial charge in [-0.3, -0.25) is 0 Å². The van der Waals surface area contributed by atoms with Gasteiger partial charge in [-0.15, -0.1) is 0 Å². The van der Waals surface area contributed by atoms with Crippen molar-refractivity contribution >= 4 is 10.1 Å². The monoisotopic (exact) mass is 201 g/mol. The topological polar surface area (TPSA) is 57.2 Å². The Morgan fingerprint density at radius 2 is 2.00 bits per heavy atom. The van der Waals surface area contributed by atoms with Gasteiger partial charge >= 0.3 is 0 Å². The third kappa shape index (κ3) is 2.19. The largest absolute Gasteiger partial charge is 0.744 e. The summed E-state index contributed by atoms with van der Waals surface area (Å²) in [7, 11) is -4.29. The first kappa shape index (κ1) is 10.5. The van der Waals surface area contributed by atoms with Gasteiger partial charge in [0.05, 0.1) is 4.91 Å². The summed E-state index contributed by atoms with van der Waals surface area (Å²) in [6.45, 7) is 5.38. The second-order valence-corrected chi connectivity index (χ2v) is 4.91. The van der Waals surface area contributed by atoms with E-state index in [2.05, 4.69) is 0 Å². The summed E-state index contributed by atoms with van der Waals surface area (Å²) in [6, 6.07) is 0. The lowest BCUT2D eigenvalue weighted by Gasteiger charge is -2.23. The molecular formula is C9H13O3S-. The van der Waals surface area contributed by atoms with E-state index in [9.17, 15) is 13.0 Å². The van der Waals surface area contributed by atoms with Gasteiger partial charge in [-0.2, -0.15) is 0 Å².